The zero-order valence-corrected chi connectivity index (χ0v) is 27.8. The van der Waals surface area contributed by atoms with Gasteiger partial charge in [-0.25, -0.2) is 24.3 Å². The molecule has 12 heteroatoms. The minimum atomic E-state index is -0.258. The van der Waals surface area contributed by atoms with E-state index in [-0.39, 0.29) is 17.8 Å². The van der Waals surface area contributed by atoms with Crippen LogP contribution in [0.25, 0.3) is 44.5 Å². The fourth-order valence-electron chi connectivity index (χ4n) is 6.23. The van der Waals surface area contributed by atoms with Gasteiger partial charge in [0.1, 0.15) is 12.1 Å². The average molecular weight is 672 g/mol. The molecule has 2 aliphatic rings. The summed E-state index contributed by atoms with van der Waals surface area (Å²) in [6, 6.07) is 20.4. The van der Waals surface area contributed by atoms with Crippen LogP contribution in [0.2, 0.25) is 0 Å². The topological polar surface area (TPSA) is 116 Å². The molecule has 3 aromatic carbocycles. The number of methoxy groups -OCH3 is 1. The number of anilines is 1. The van der Waals surface area contributed by atoms with Crippen LogP contribution in [-0.4, -0.2) is 105 Å². The number of hydrogen-bond donors (Lipinski definition) is 1. The molecule has 50 heavy (non-hydrogen) atoms. The number of ether oxygens (including phenoxy) is 1. The summed E-state index contributed by atoms with van der Waals surface area (Å²) in [6.07, 6.45) is 16.1. The Bertz CT molecular complexity index is 2030. The lowest BCUT2D eigenvalue weighted by Gasteiger charge is -2.36. The Morgan fingerprint density at radius 2 is 1.66 bits per heavy atom. The molecular formula is C38H38FN9O2. The molecule has 6 aromatic rings. The molecule has 0 aliphatic carbocycles. The van der Waals surface area contributed by atoms with Crippen molar-refractivity contribution in [3.63, 3.8) is 0 Å². The van der Waals surface area contributed by atoms with Gasteiger partial charge in [-0.2, -0.15) is 5.10 Å². The molecule has 0 bridgehead atoms. The zero-order valence-electron chi connectivity index (χ0n) is 27.8. The second-order valence-corrected chi connectivity index (χ2v) is 11.9. The van der Waals surface area contributed by atoms with E-state index in [1.165, 1.54) is 24.1 Å². The molecule has 1 N–H and O–H groups in total. The first-order chi connectivity index (χ1) is 24.5. The van der Waals surface area contributed by atoms with Crippen molar-refractivity contribution >= 4 is 33.4 Å². The first kappa shape index (κ1) is 34.1. The van der Waals surface area contributed by atoms with Crippen LogP contribution in [0.5, 0.6) is 0 Å². The molecule has 2 fully saturated rings. The summed E-state index contributed by atoms with van der Waals surface area (Å²) in [6.45, 7) is 5.56. The van der Waals surface area contributed by atoms with Crippen molar-refractivity contribution in [2.75, 3.05) is 57.8 Å². The van der Waals surface area contributed by atoms with E-state index in [0.717, 1.165) is 90.1 Å². The molecule has 2 aliphatic heterocycles. The van der Waals surface area contributed by atoms with E-state index < -0.39 is 0 Å². The van der Waals surface area contributed by atoms with Crippen LogP contribution < -0.4 is 4.90 Å². The highest BCUT2D eigenvalue weighted by atomic mass is 19.1. The Hall–Kier alpha value is -5.77. The molecule has 5 heterocycles. The molecule has 1 amide bonds. The third-order valence-electron chi connectivity index (χ3n) is 8.92. The standard InChI is InChI=1S/C21H27N5O2.C15H9FN4.C2H2/c1-28-19-7-10-24(15-19)16-20(27)26-13-11-25(12-14-26)18-5-3-17(4-6-18)21-22-8-2-9-23-21;16-11-3-1-9(2-4-11)15-12-6-13-10(7-17-8-18-13)5-14(12)19-20-15;1-2/h2-6,8-9,19H,7,10-16H2,1H3;1-8H,(H,19,20);1-2H/t19-;;/m0../s1. The van der Waals surface area contributed by atoms with E-state index in [1.54, 1.807) is 37.8 Å². The van der Waals surface area contributed by atoms with Gasteiger partial charge in [-0.15, -0.1) is 12.8 Å². The molecule has 3 aromatic heterocycles. The maximum Gasteiger partial charge on any atom is 0.236 e. The zero-order chi connectivity index (χ0) is 34.9. The van der Waals surface area contributed by atoms with Crippen LogP contribution >= 0.6 is 0 Å². The number of halogens is 1. The Labute approximate surface area is 290 Å². The van der Waals surface area contributed by atoms with Crippen molar-refractivity contribution in [1.82, 2.24) is 39.9 Å². The van der Waals surface area contributed by atoms with Gasteiger partial charge in [0.05, 0.1) is 29.4 Å². The van der Waals surface area contributed by atoms with Gasteiger partial charge >= 0.3 is 0 Å². The number of hydrogen-bond acceptors (Lipinski definition) is 9. The normalized spacial score (nSPS) is 16.0. The predicted molar refractivity (Wildman–Crippen MR) is 193 cm³/mol. The summed E-state index contributed by atoms with van der Waals surface area (Å²) < 4.78 is 18.4. The number of aromatic amines is 1. The van der Waals surface area contributed by atoms with Crippen LogP contribution in [0.1, 0.15) is 6.42 Å². The van der Waals surface area contributed by atoms with Gasteiger partial charge in [-0.05, 0) is 73.2 Å². The minimum Gasteiger partial charge on any atom is -0.380 e. The number of terminal acetylenes is 1. The van der Waals surface area contributed by atoms with Gasteiger partial charge in [-0.3, -0.25) is 14.8 Å². The smallest absolute Gasteiger partial charge is 0.236 e. The number of aromatic nitrogens is 6. The fourth-order valence-corrected chi connectivity index (χ4v) is 6.23. The summed E-state index contributed by atoms with van der Waals surface area (Å²) in [5.74, 6) is 0.710. The van der Waals surface area contributed by atoms with Crippen molar-refractivity contribution in [2.24, 2.45) is 0 Å². The molecule has 0 unspecified atom stereocenters. The van der Waals surface area contributed by atoms with Gasteiger partial charge in [0.15, 0.2) is 5.82 Å². The van der Waals surface area contributed by atoms with Crippen molar-refractivity contribution in [3.05, 3.63) is 97.5 Å². The monoisotopic (exact) mass is 671 g/mol. The Balaban J connectivity index is 0.000000173. The molecule has 0 radical (unpaired) electrons. The van der Waals surface area contributed by atoms with Crippen molar-refractivity contribution in [3.8, 4) is 35.5 Å². The molecule has 0 saturated carbocycles. The summed E-state index contributed by atoms with van der Waals surface area (Å²) >= 11 is 0. The maximum atomic E-state index is 13.0. The largest absolute Gasteiger partial charge is 0.380 e. The number of nitrogens with one attached hydrogen (secondary N) is 1. The second-order valence-electron chi connectivity index (χ2n) is 11.9. The summed E-state index contributed by atoms with van der Waals surface area (Å²) in [7, 11) is 1.74. The van der Waals surface area contributed by atoms with Gasteiger partial charge in [0.2, 0.25) is 5.91 Å². The van der Waals surface area contributed by atoms with Gasteiger partial charge in [0.25, 0.3) is 0 Å². The van der Waals surface area contributed by atoms with Gasteiger partial charge in [-0.1, -0.05) is 0 Å². The van der Waals surface area contributed by atoms with Gasteiger partial charge in [0, 0.05) is 92.6 Å². The molecule has 2 saturated heterocycles. The van der Waals surface area contributed by atoms with E-state index >= 15 is 0 Å². The second kappa shape index (κ2) is 16.1. The van der Waals surface area contributed by atoms with Crippen LogP contribution in [0.15, 0.2) is 91.6 Å². The van der Waals surface area contributed by atoms with Crippen molar-refractivity contribution < 1.29 is 13.9 Å². The van der Waals surface area contributed by atoms with Crippen LogP contribution in [-0.2, 0) is 9.53 Å². The average Bonchev–Trinajstić information content (AvgIpc) is 3.82. The number of piperazine rings is 1. The quantitative estimate of drug-likeness (QED) is 0.242. The highest BCUT2D eigenvalue weighted by molar-refractivity contribution is 6.01. The van der Waals surface area contributed by atoms with E-state index in [4.69, 9.17) is 4.74 Å². The number of rotatable bonds is 6. The van der Waals surface area contributed by atoms with Crippen molar-refractivity contribution in [2.45, 2.75) is 12.5 Å². The lowest BCUT2D eigenvalue weighted by Crippen LogP contribution is -2.51. The molecule has 0 spiro atoms. The van der Waals surface area contributed by atoms with Crippen molar-refractivity contribution in [1.29, 1.82) is 0 Å². The summed E-state index contributed by atoms with van der Waals surface area (Å²) in [5, 5.41) is 9.23. The molecular weight excluding hydrogens is 633 g/mol. The number of carbonyl (C=O) groups excluding carboxylic acids is 1. The predicted octanol–water partition coefficient (Wildman–Crippen LogP) is 5.07. The number of benzene rings is 3. The fraction of sp³-hybridized carbons (Fsp3) is 0.263. The van der Waals surface area contributed by atoms with E-state index in [1.807, 2.05) is 23.1 Å². The molecule has 8 rings (SSSR count). The van der Waals surface area contributed by atoms with Gasteiger partial charge < -0.3 is 14.5 Å². The highest BCUT2D eigenvalue weighted by Gasteiger charge is 2.27. The first-order valence-electron chi connectivity index (χ1n) is 16.4. The first-order valence-corrected chi connectivity index (χ1v) is 16.4. The summed E-state index contributed by atoms with van der Waals surface area (Å²) in [5.41, 5.74) is 5.61. The number of amides is 1. The maximum absolute atomic E-state index is 13.0. The minimum absolute atomic E-state index is 0.230. The number of nitrogens with zero attached hydrogens (tertiary/aromatic N) is 8. The Kier molecular flexibility index (Phi) is 11.0. The third-order valence-corrected chi connectivity index (χ3v) is 8.92. The van der Waals surface area contributed by atoms with Crippen LogP contribution in [0, 0.1) is 18.7 Å². The lowest BCUT2D eigenvalue weighted by atomic mass is 10.1. The SMILES string of the molecule is C#C.CO[C@H]1CCN(CC(=O)N2CCN(c3ccc(-c4ncccn4)cc3)CC2)C1.Fc1ccc(-c2n[nH]c3cc4cncnc4cc23)cc1. The van der Waals surface area contributed by atoms with E-state index in [9.17, 15) is 9.18 Å². The Morgan fingerprint density at radius 3 is 2.36 bits per heavy atom. The number of likely N-dealkylation sites (tertiary alicyclic amines) is 1. The lowest BCUT2D eigenvalue weighted by molar-refractivity contribution is -0.132. The van der Waals surface area contributed by atoms with E-state index in [0.29, 0.717) is 6.54 Å². The highest BCUT2D eigenvalue weighted by Crippen LogP contribution is 2.29. The third kappa shape index (κ3) is 7.92. The molecule has 254 valence electrons. The van der Waals surface area contributed by atoms with Crippen LogP contribution in [0.3, 0.4) is 0 Å². The number of carbonyl (C=O) groups is 1. The van der Waals surface area contributed by atoms with E-state index in [2.05, 4.69) is 77.0 Å². The Morgan fingerprint density at radius 1 is 0.940 bits per heavy atom. The summed E-state index contributed by atoms with van der Waals surface area (Å²) in [4.78, 5) is 36.0. The molecule has 1 atom stereocenters. The number of H-pyrrole nitrogens is 1. The molecule has 11 nitrogen and oxygen atoms in total. The van der Waals surface area contributed by atoms with Crippen LogP contribution in [0.4, 0.5) is 10.1 Å². The number of fused-ring (bicyclic) bond motifs is 2.